The number of hydrogen-bond donors (Lipinski definition) is 3. The number of rotatable bonds is 2. The molecule has 2 heterocycles. The van der Waals surface area contributed by atoms with Crippen LogP contribution in [-0.4, -0.2) is 52.5 Å². The highest BCUT2D eigenvalue weighted by molar-refractivity contribution is 6.06. The molecule has 1 aromatic heterocycles. The highest BCUT2D eigenvalue weighted by Gasteiger charge is 2.54. The number of hydrogen-bond acceptors (Lipinski definition) is 5. The second kappa shape index (κ2) is 7.57. The minimum atomic E-state index is -5.08. The van der Waals surface area contributed by atoms with Crippen molar-refractivity contribution in [1.29, 1.82) is 0 Å². The Morgan fingerprint density at radius 2 is 1.90 bits per heavy atom. The molecule has 1 fully saturated rings. The summed E-state index contributed by atoms with van der Waals surface area (Å²) in [5, 5.41) is 7.94. The average molecular weight is 412 g/mol. The lowest BCUT2D eigenvalue weighted by Crippen LogP contribution is -2.43. The Balaban J connectivity index is 0.000000370. The molecule has 2 amide bonds. The summed E-state index contributed by atoms with van der Waals surface area (Å²) in [6, 6.07) is 7.36. The van der Waals surface area contributed by atoms with Gasteiger partial charge >= 0.3 is 12.1 Å². The van der Waals surface area contributed by atoms with E-state index in [0.717, 1.165) is 16.5 Å². The number of nitrogens with zero attached hydrogens (tertiary/aromatic N) is 2. The number of alkyl halides is 3. The number of halogens is 3. The third-order valence-corrected chi connectivity index (χ3v) is 4.90. The molecule has 0 spiro atoms. The number of amides is 2. The van der Waals surface area contributed by atoms with Crippen LogP contribution in [0.3, 0.4) is 0 Å². The van der Waals surface area contributed by atoms with Crippen LogP contribution < -0.4 is 11.5 Å². The normalized spacial score (nSPS) is 21.6. The fourth-order valence-electron chi connectivity index (χ4n) is 3.20. The van der Waals surface area contributed by atoms with E-state index in [0.29, 0.717) is 12.2 Å². The maximum atomic E-state index is 12.4. The lowest BCUT2D eigenvalue weighted by molar-refractivity contribution is -0.192. The summed E-state index contributed by atoms with van der Waals surface area (Å²) in [6.45, 7) is 2.06. The van der Waals surface area contributed by atoms with E-state index in [1.807, 2.05) is 18.2 Å². The number of carboxylic acid groups (broad SMARTS) is 1. The molecule has 1 aromatic carbocycles. The van der Waals surface area contributed by atoms with Crippen molar-refractivity contribution in [3.63, 3.8) is 0 Å². The number of pyridine rings is 1. The van der Waals surface area contributed by atoms with E-state index >= 15 is 0 Å². The van der Waals surface area contributed by atoms with Crippen LogP contribution in [-0.2, 0) is 14.4 Å². The van der Waals surface area contributed by atoms with Gasteiger partial charge in [-0.1, -0.05) is 6.07 Å². The Bertz CT molecular complexity index is 979. The van der Waals surface area contributed by atoms with Gasteiger partial charge in [0.15, 0.2) is 0 Å². The van der Waals surface area contributed by atoms with E-state index in [9.17, 15) is 22.8 Å². The minimum Gasteiger partial charge on any atom is -0.475 e. The van der Waals surface area contributed by atoms with Crippen molar-refractivity contribution in [2.45, 2.75) is 19.0 Å². The molecule has 8 nitrogen and oxygen atoms in total. The zero-order valence-electron chi connectivity index (χ0n) is 15.5. The van der Waals surface area contributed by atoms with Gasteiger partial charge in [-0.3, -0.25) is 14.6 Å². The number of nitrogens with two attached hydrogens (primary N) is 2. The van der Waals surface area contributed by atoms with Gasteiger partial charge in [0.25, 0.3) is 0 Å². The summed E-state index contributed by atoms with van der Waals surface area (Å²) in [4.78, 5) is 39.0. The van der Waals surface area contributed by atoms with Crippen molar-refractivity contribution in [1.82, 2.24) is 9.88 Å². The largest absolute Gasteiger partial charge is 0.490 e. The van der Waals surface area contributed by atoms with Crippen molar-refractivity contribution in [3.05, 3.63) is 36.0 Å². The number of aromatic nitrogens is 1. The predicted octanol–water partition coefficient (Wildman–Crippen LogP) is 1.50. The highest BCUT2D eigenvalue weighted by Crippen LogP contribution is 2.43. The molecule has 0 radical (unpaired) electrons. The number of carbonyl (C=O) groups excluding carboxylic acids is 2. The molecule has 3 rings (SSSR count). The van der Waals surface area contributed by atoms with Gasteiger partial charge in [-0.05, 0) is 30.7 Å². The molecule has 5 N–H and O–H groups in total. The Morgan fingerprint density at radius 1 is 1.31 bits per heavy atom. The number of fused-ring (bicyclic) bond motifs is 1. The van der Waals surface area contributed by atoms with Crippen molar-refractivity contribution in [2.75, 3.05) is 19.3 Å². The Labute approximate surface area is 163 Å². The van der Waals surface area contributed by atoms with Gasteiger partial charge < -0.3 is 21.5 Å². The molecule has 1 aliphatic rings. The van der Waals surface area contributed by atoms with Crippen LogP contribution in [0.2, 0.25) is 0 Å². The lowest BCUT2D eigenvalue weighted by Gasteiger charge is -2.25. The maximum absolute atomic E-state index is 12.4. The van der Waals surface area contributed by atoms with Gasteiger partial charge in [0, 0.05) is 36.8 Å². The van der Waals surface area contributed by atoms with E-state index in [1.54, 1.807) is 31.1 Å². The first-order valence-electron chi connectivity index (χ1n) is 8.29. The third kappa shape index (κ3) is 4.08. The van der Waals surface area contributed by atoms with Crippen LogP contribution in [0.4, 0.5) is 18.9 Å². The summed E-state index contributed by atoms with van der Waals surface area (Å²) in [5.74, 6) is -3.91. The van der Waals surface area contributed by atoms with Crippen LogP contribution in [0.15, 0.2) is 30.5 Å². The second-order valence-corrected chi connectivity index (χ2v) is 6.78. The SMILES string of the molecule is CN1CC(c2ccc3nccc(N)c3c2)[C@@](C)(C(N)=O)C1=O.O=C(O)C(F)(F)F. The number of primary amides is 1. The molecule has 0 aliphatic carbocycles. The van der Waals surface area contributed by atoms with E-state index in [1.165, 1.54) is 0 Å². The zero-order chi connectivity index (χ0) is 22.1. The third-order valence-electron chi connectivity index (χ3n) is 4.90. The maximum Gasteiger partial charge on any atom is 0.490 e. The predicted molar refractivity (Wildman–Crippen MR) is 97.5 cm³/mol. The average Bonchev–Trinajstić information content (AvgIpc) is 2.87. The molecular formula is C18H19F3N4O4. The lowest BCUT2D eigenvalue weighted by atomic mass is 9.75. The minimum absolute atomic E-state index is 0.246. The van der Waals surface area contributed by atoms with E-state index < -0.39 is 23.5 Å². The molecule has 29 heavy (non-hydrogen) atoms. The molecule has 2 aromatic rings. The van der Waals surface area contributed by atoms with Gasteiger partial charge in [0.05, 0.1) is 5.52 Å². The first kappa shape index (κ1) is 21.9. The van der Waals surface area contributed by atoms with Crippen LogP contribution in [0.5, 0.6) is 0 Å². The monoisotopic (exact) mass is 412 g/mol. The van der Waals surface area contributed by atoms with Crippen LogP contribution in [0, 0.1) is 5.41 Å². The van der Waals surface area contributed by atoms with Crippen molar-refractivity contribution >= 4 is 34.4 Å². The molecular weight excluding hydrogens is 393 g/mol. The first-order chi connectivity index (χ1) is 13.3. The van der Waals surface area contributed by atoms with Crippen LogP contribution in [0.1, 0.15) is 18.4 Å². The number of benzene rings is 1. The van der Waals surface area contributed by atoms with Gasteiger partial charge in [-0.2, -0.15) is 13.2 Å². The van der Waals surface area contributed by atoms with E-state index in [4.69, 9.17) is 21.4 Å². The molecule has 156 valence electrons. The Hall–Kier alpha value is -3.37. The summed E-state index contributed by atoms with van der Waals surface area (Å²) in [6.07, 6.45) is -3.43. The zero-order valence-corrected chi connectivity index (χ0v) is 15.5. The van der Waals surface area contributed by atoms with E-state index in [-0.39, 0.29) is 11.8 Å². The molecule has 11 heteroatoms. The molecule has 0 saturated carbocycles. The van der Waals surface area contributed by atoms with Gasteiger partial charge in [-0.25, -0.2) is 4.79 Å². The van der Waals surface area contributed by atoms with Crippen LogP contribution in [0.25, 0.3) is 10.9 Å². The number of anilines is 1. The summed E-state index contributed by atoms with van der Waals surface area (Å²) >= 11 is 0. The fraction of sp³-hybridized carbons (Fsp3) is 0.333. The number of aliphatic carboxylic acids is 1. The van der Waals surface area contributed by atoms with Crippen molar-refractivity contribution in [2.24, 2.45) is 11.1 Å². The topological polar surface area (TPSA) is 140 Å². The van der Waals surface area contributed by atoms with Gasteiger partial charge in [-0.15, -0.1) is 0 Å². The summed E-state index contributed by atoms with van der Waals surface area (Å²) < 4.78 is 31.7. The Morgan fingerprint density at radius 3 is 2.41 bits per heavy atom. The van der Waals surface area contributed by atoms with Gasteiger partial charge in [0.1, 0.15) is 5.41 Å². The first-order valence-corrected chi connectivity index (χ1v) is 8.29. The molecule has 2 atom stereocenters. The molecule has 0 bridgehead atoms. The molecule has 1 aliphatic heterocycles. The number of carboxylic acids is 1. The molecule has 1 unspecified atom stereocenters. The fourth-order valence-corrected chi connectivity index (χ4v) is 3.20. The number of nitrogen functional groups attached to an aromatic ring is 1. The summed E-state index contributed by atoms with van der Waals surface area (Å²) in [7, 11) is 1.68. The number of likely N-dealkylation sites (N-methyl/N-ethyl adjacent to an activating group) is 1. The summed E-state index contributed by atoms with van der Waals surface area (Å²) in [5.41, 5.74) is 12.6. The van der Waals surface area contributed by atoms with Gasteiger partial charge in [0.2, 0.25) is 11.8 Å². The number of likely N-dealkylation sites (tertiary alicyclic amines) is 1. The second-order valence-electron chi connectivity index (χ2n) is 6.78. The highest BCUT2D eigenvalue weighted by atomic mass is 19.4. The quantitative estimate of drug-likeness (QED) is 0.639. The van der Waals surface area contributed by atoms with Crippen LogP contribution >= 0.6 is 0 Å². The molecule has 1 saturated heterocycles. The standard InChI is InChI=1S/C16H18N4O2.C2HF3O2/c1-16(14(18)21)11(8-20(2)15(16)22)9-3-4-13-10(7-9)12(17)5-6-19-13;3-2(4,5)1(6)7/h3-7,11H,8H2,1-2H3,(H2,17,19)(H2,18,21);(H,6,7)/t11?,16-;/m0./s1. The van der Waals surface area contributed by atoms with Crippen molar-refractivity contribution in [3.8, 4) is 0 Å². The van der Waals surface area contributed by atoms with Crippen molar-refractivity contribution < 1.29 is 32.7 Å². The smallest absolute Gasteiger partial charge is 0.475 e. The number of carbonyl (C=O) groups is 3. The Kier molecular flexibility index (Phi) is 5.72. The van der Waals surface area contributed by atoms with E-state index in [2.05, 4.69) is 4.98 Å².